The second-order valence-corrected chi connectivity index (χ2v) is 12.5. The summed E-state index contributed by atoms with van der Waals surface area (Å²) in [6.45, 7) is 5.27. The van der Waals surface area contributed by atoms with Gasteiger partial charge in [-0.2, -0.15) is 0 Å². The monoisotopic (exact) mass is 561 g/mol. The first-order valence-electron chi connectivity index (χ1n) is 14.0. The summed E-state index contributed by atoms with van der Waals surface area (Å²) in [5.41, 5.74) is 3.10. The van der Waals surface area contributed by atoms with Crippen molar-refractivity contribution in [2.75, 3.05) is 10.8 Å². The van der Waals surface area contributed by atoms with Crippen LogP contribution in [0.4, 0.5) is 5.69 Å². The highest BCUT2D eigenvalue weighted by atomic mass is 32.2. The van der Waals surface area contributed by atoms with Gasteiger partial charge in [-0.25, -0.2) is 8.42 Å². The predicted octanol–water partition coefficient (Wildman–Crippen LogP) is 5.36. The van der Waals surface area contributed by atoms with Crippen molar-refractivity contribution in [3.8, 4) is 0 Å². The number of hydrogen-bond acceptors (Lipinski definition) is 4. The highest BCUT2D eigenvalue weighted by Gasteiger charge is 2.33. The minimum absolute atomic E-state index is 0.0965. The standard InChI is InChI=1S/C32H39N3O4S/c1-24-18-20-27(21-19-24)22-34(26(3)32(37)33-28-13-6-4-7-14-28)31(36)23-35(30-17-11-10-12-25(30)2)40(38,39)29-15-8-5-9-16-29/h5,8-12,15-21,26,28H,4,6-7,13-14,22-23H2,1-3H3,(H,33,37)/t26-/m1/s1. The van der Waals surface area contributed by atoms with Crippen LogP contribution in [0.25, 0.3) is 0 Å². The van der Waals surface area contributed by atoms with Gasteiger partial charge >= 0.3 is 0 Å². The zero-order valence-electron chi connectivity index (χ0n) is 23.5. The predicted molar refractivity (Wildman–Crippen MR) is 158 cm³/mol. The number of aryl methyl sites for hydroxylation is 2. The van der Waals surface area contributed by atoms with Crippen LogP contribution in [-0.4, -0.2) is 43.8 Å². The third-order valence-corrected chi connectivity index (χ3v) is 9.36. The summed E-state index contributed by atoms with van der Waals surface area (Å²) in [5, 5.41) is 3.13. The first-order valence-corrected chi connectivity index (χ1v) is 15.4. The van der Waals surface area contributed by atoms with E-state index in [1.54, 1.807) is 37.3 Å². The molecule has 0 radical (unpaired) electrons. The Bertz CT molecular complexity index is 1400. The minimum atomic E-state index is -4.07. The van der Waals surface area contributed by atoms with E-state index < -0.39 is 28.5 Å². The van der Waals surface area contributed by atoms with Crippen molar-refractivity contribution in [1.29, 1.82) is 0 Å². The summed E-state index contributed by atoms with van der Waals surface area (Å²) >= 11 is 0. The molecule has 0 bridgehead atoms. The molecule has 212 valence electrons. The average molecular weight is 562 g/mol. The number of nitrogens with zero attached hydrogens (tertiary/aromatic N) is 2. The third-order valence-electron chi connectivity index (χ3n) is 7.59. The molecule has 3 aromatic rings. The van der Waals surface area contributed by atoms with Crippen LogP contribution in [0.5, 0.6) is 0 Å². The van der Waals surface area contributed by atoms with Gasteiger partial charge in [0.1, 0.15) is 12.6 Å². The molecule has 3 aromatic carbocycles. The van der Waals surface area contributed by atoms with Gasteiger partial charge in [0.15, 0.2) is 0 Å². The van der Waals surface area contributed by atoms with Crippen LogP contribution < -0.4 is 9.62 Å². The fraction of sp³-hybridized carbons (Fsp3) is 0.375. The van der Waals surface area contributed by atoms with Gasteiger partial charge in [-0.3, -0.25) is 13.9 Å². The molecule has 1 aliphatic carbocycles. The first kappa shape index (κ1) is 29.3. The molecule has 0 aliphatic heterocycles. The molecule has 1 fully saturated rings. The quantitative estimate of drug-likeness (QED) is 0.361. The van der Waals surface area contributed by atoms with Gasteiger partial charge in [0, 0.05) is 12.6 Å². The lowest BCUT2D eigenvalue weighted by Gasteiger charge is -2.33. The van der Waals surface area contributed by atoms with Crippen molar-refractivity contribution >= 4 is 27.5 Å². The van der Waals surface area contributed by atoms with E-state index in [4.69, 9.17) is 0 Å². The van der Waals surface area contributed by atoms with Gasteiger partial charge < -0.3 is 10.2 Å². The van der Waals surface area contributed by atoms with E-state index >= 15 is 0 Å². The Hall–Kier alpha value is -3.65. The number of amides is 2. The van der Waals surface area contributed by atoms with Crippen molar-refractivity contribution in [3.63, 3.8) is 0 Å². The molecule has 1 N–H and O–H groups in total. The SMILES string of the molecule is Cc1ccc(CN(C(=O)CN(c2ccccc2C)S(=O)(=O)c2ccccc2)[C@H](C)C(=O)NC2CCCCC2)cc1. The average Bonchev–Trinajstić information content (AvgIpc) is 2.96. The molecule has 40 heavy (non-hydrogen) atoms. The van der Waals surface area contributed by atoms with Gasteiger partial charge in [0.25, 0.3) is 10.0 Å². The fourth-order valence-electron chi connectivity index (χ4n) is 5.12. The molecular weight excluding hydrogens is 522 g/mol. The Morgan fingerprint density at radius 3 is 2.15 bits per heavy atom. The highest BCUT2D eigenvalue weighted by molar-refractivity contribution is 7.92. The summed E-state index contributed by atoms with van der Waals surface area (Å²) in [6, 6.07) is 22.3. The molecule has 0 saturated heterocycles. The van der Waals surface area contributed by atoms with Crippen molar-refractivity contribution in [2.45, 2.75) is 76.4 Å². The summed E-state index contributed by atoms with van der Waals surface area (Å²) < 4.78 is 28.9. The first-order chi connectivity index (χ1) is 19.2. The van der Waals surface area contributed by atoms with Crippen molar-refractivity contribution in [1.82, 2.24) is 10.2 Å². The molecule has 1 aliphatic rings. The molecule has 7 nitrogen and oxygen atoms in total. The van der Waals surface area contributed by atoms with Crippen LogP contribution in [0, 0.1) is 13.8 Å². The number of carbonyl (C=O) groups is 2. The maximum Gasteiger partial charge on any atom is 0.264 e. The van der Waals surface area contributed by atoms with Gasteiger partial charge in [0.05, 0.1) is 10.6 Å². The molecule has 4 rings (SSSR count). The van der Waals surface area contributed by atoms with Crippen LogP contribution in [0.2, 0.25) is 0 Å². The second-order valence-electron chi connectivity index (χ2n) is 10.6. The van der Waals surface area contributed by atoms with E-state index in [1.807, 2.05) is 50.2 Å². The number of sulfonamides is 1. The summed E-state index contributed by atoms with van der Waals surface area (Å²) in [7, 11) is -4.07. The normalized spacial score (nSPS) is 14.8. The molecule has 8 heteroatoms. The maximum atomic E-state index is 14.1. The summed E-state index contributed by atoms with van der Waals surface area (Å²) in [6.07, 6.45) is 5.19. The molecule has 0 aromatic heterocycles. The Morgan fingerprint density at radius 2 is 1.50 bits per heavy atom. The molecule has 0 heterocycles. The lowest BCUT2D eigenvalue weighted by atomic mass is 9.95. The van der Waals surface area contributed by atoms with E-state index in [0.717, 1.165) is 46.7 Å². The number of nitrogens with one attached hydrogen (secondary N) is 1. The molecule has 2 amide bonds. The zero-order valence-corrected chi connectivity index (χ0v) is 24.4. The van der Waals surface area contributed by atoms with Gasteiger partial charge in [-0.15, -0.1) is 0 Å². The lowest BCUT2D eigenvalue weighted by molar-refractivity contribution is -0.139. The van der Waals surface area contributed by atoms with Crippen LogP contribution in [0.15, 0.2) is 83.8 Å². The van der Waals surface area contributed by atoms with Crippen molar-refractivity contribution < 1.29 is 18.0 Å². The number of rotatable bonds is 10. The Labute approximate surface area is 238 Å². The van der Waals surface area contributed by atoms with Gasteiger partial charge in [-0.05, 0) is 62.9 Å². The Kier molecular flexibility index (Phi) is 9.63. The van der Waals surface area contributed by atoms with Gasteiger partial charge in [-0.1, -0.05) is 85.5 Å². The van der Waals surface area contributed by atoms with E-state index in [1.165, 1.54) is 23.5 Å². The number of para-hydroxylation sites is 1. The smallest absolute Gasteiger partial charge is 0.264 e. The van der Waals surface area contributed by atoms with Gasteiger partial charge in [0.2, 0.25) is 11.8 Å². The van der Waals surface area contributed by atoms with Crippen LogP contribution in [0.3, 0.4) is 0 Å². The van der Waals surface area contributed by atoms with Crippen molar-refractivity contribution in [2.24, 2.45) is 0 Å². The molecule has 0 unspecified atom stereocenters. The molecule has 1 atom stereocenters. The molecular formula is C32H39N3O4S. The number of carbonyl (C=O) groups excluding carboxylic acids is 2. The molecule has 0 spiro atoms. The van der Waals surface area contributed by atoms with Crippen LogP contribution in [0.1, 0.15) is 55.7 Å². The molecule has 1 saturated carbocycles. The van der Waals surface area contributed by atoms with Crippen LogP contribution >= 0.6 is 0 Å². The van der Waals surface area contributed by atoms with E-state index in [0.29, 0.717) is 5.69 Å². The van der Waals surface area contributed by atoms with E-state index in [2.05, 4.69) is 5.32 Å². The summed E-state index contributed by atoms with van der Waals surface area (Å²) in [5.74, 6) is -0.671. The highest BCUT2D eigenvalue weighted by Crippen LogP contribution is 2.27. The van der Waals surface area contributed by atoms with Crippen LogP contribution in [-0.2, 0) is 26.2 Å². The largest absolute Gasteiger partial charge is 0.352 e. The minimum Gasteiger partial charge on any atom is -0.352 e. The second kappa shape index (κ2) is 13.1. The lowest BCUT2D eigenvalue weighted by Crippen LogP contribution is -2.53. The fourth-order valence-corrected chi connectivity index (χ4v) is 6.62. The number of hydrogen-bond donors (Lipinski definition) is 1. The maximum absolute atomic E-state index is 14.1. The van der Waals surface area contributed by atoms with E-state index in [9.17, 15) is 18.0 Å². The Morgan fingerprint density at radius 1 is 0.875 bits per heavy atom. The Balaban J connectivity index is 1.67. The zero-order chi connectivity index (χ0) is 28.7. The van der Waals surface area contributed by atoms with Crippen molar-refractivity contribution in [3.05, 3.63) is 95.6 Å². The van der Waals surface area contributed by atoms with E-state index in [-0.39, 0.29) is 23.4 Å². The summed E-state index contributed by atoms with van der Waals surface area (Å²) in [4.78, 5) is 29.0. The topological polar surface area (TPSA) is 86.8 Å². The number of benzene rings is 3. The third kappa shape index (κ3) is 7.10. The number of anilines is 1.